The summed E-state index contributed by atoms with van der Waals surface area (Å²) in [5, 5.41) is 30.4. The Morgan fingerprint density at radius 2 is 1.32 bits per heavy atom. The molecule has 22 nitrogen and oxygen atoms in total. The van der Waals surface area contributed by atoms with Gasteiger partial charge in [0.05, 0.1) is 51.8 Å². The second-order valence-electron chi connectivity index (χ2n) is 12.7. The molecule has 0 radical (unpaired) electrons. The normalized spacial score (nSPS) is 13.1. The van der Waals surface area contributed by atoms with E-state index in [1.54, 1.807) is 0 Å². The molecule has 2 aromatic heterocycles. The first-order chi connectivity index (χ1) is 28.1. The number of benzene rings is 4. The third-order valence-electron chi connectivity index (χ3n) is 8.77. The van der Waals surface area contributed by atoms with E-state index in [-0.39, 0.29) is 56.7 Å². The fraction of sp³-hybridized carbons (Fsp3) is 0. The van der Waals surface area contributed by atoms with Crippen LogP contribution in [0.15, 0.2) is 111 Å². The van der Waals surface area contributed by atoms with Gasteiger partial charge in [0, 0.05) is 22.5 Å². The first-order valence-electron chi connectivity index (χ1n) is 16.6. The van der Waals surface area contributed by atoms with Crippen molar-refractivity contribution in [2.24, 2.45) is 4.99 Å². The van der Waals surface area contributed by atoms with Crippen LogP contribution in [0.2, 0.25) is 0 Å². The van der Waals surface area contributed by atoms with Crippen molar-refractivity contribution in [3.05, 3.63) is 130 Å². The fourth-order valence-corrected chi connectivity index (χ4v) is 8.15. The van der Waals surface area contributed by atoms with Crippen molar-refractivity contribution in [3.8, 4) is 5.95 Å². The number of hydrogen-bond acceptors (Lipinski definition) is 15. The average molecular weight is 876 g/mol. The second-order valence-corrected chi connectivity index (χ2v) is 16.9. The van der Waals surface area contributed by atoms with Gasteiger partial charge >= 0.3 is 11.6 Å². The molecule has 12 N–H and O–H groups in total. The average Bonchev–Trinajstić information content (AvgIpc) is 3.17. The fourth-order valence-electron chi connectivity index (χ4n) is 6.18. The van der Waals surface area contributed by atoms with Crippen molar-refractivity contribution < 1.29 is 58.2 Å². The molecule has 0 bridgehead atoms. The molecule has 1 aliphatic carbocycles. The number of rotatable bonds is 10. The zero-order valence-electron chi connectivity index (χ0n) is 29.9. The molecule has 0 saturated carbocycles. The van der Waals surface area contributed by atoms with E-state index < -0.39 is 84.9 Å². The summed E-state index contributed by atoms with van der Waals surface area (Å²) >= 11 is 0. The van der Waals surface area contributed by atoms with E-state index in [1.807, 2.05) is 0 Å². The third kappa shape index (κ3) is 7.88. The number of carbonyl (C=O) groups excluding carboxylic acids is 2. The number of nitrogens with one attached hydrogen (secondary N) is 6. The molecule has 25 heteroatoms. The molecule has 60 heavy (non-hydrogen) atoms. The van der Waals surface area contributed by atoms with E-state index in [4.69, 9.17) is 16.6 Å². The Labute approximate surface area is 337 Å². The minimum Gasteiger partial charge on any atom is -0.493 e. The van der Waals surface area contributed by atoms with Crippen molar-refractivity contribution in [1.29, 1.82) is 10.8 Å². The summed E-state index contributed by atoms with van der Waals surface area (Å²) in [6, 6.07) is 15.7. The summed E-state index contributed by atoms with van der Waals surface area (Å²) in [5.41, 5.74) is 2.15. The largest absolute Gasteiger partial charge is 0.493 e. The minimum atomic E-state index is -5.13. The van der Waals surface area contributed by atoms with E-state index in [9.17, 15) is 53.6 Å². The molecule has 7 rings (SSSR count). The highest BCUT2D eigenvalue weighted by atomic mass is 32.2. The number of anilines is 5. The van der Waals surface area contributed by atoms with Crippen LogP contribution in [0.4, 0.5) is 34.1 Å². The Morgan fingerprint density at radius 1 is 0.733 bits per heavy atom. The van der Waals surface area contributed by atoms with E-state index in [1.165, 1.54) is 65.5 Å². The van der Waals surface area contributed by atoms with Crippen molar-refractivity contribution in [2.75, 3.05) is 16.4 Å². The van der Waals surface area contributed by atoms with Crippen LogP contribution in [0.25, 0.3) is 5.95 Å². The number of nitrogens with two attached hydrogens (primary N) is 1. The van der Waals surface area contributed by atoms with Gasteiger partial charge in [-0.05, 0) is 59.6 Å². The van der Waals surface area contributed by atoms with Crippen LogP contribution in [-0.4, -0.2) is 76.4 Å². The van der Waals surface area contributed by atoms with Gasteiger partial charge in [-0.3, -0.25) is 39.0 Å². The number of carbonyl (C=O) groups is 2. The molecule has 0 spiro atoms. The molecule has 0 atom stereocenters. The summed E-state index contributed by atoms with van der Waals surface area (Å²) < 4.78 is 107. The number of aliphatic hydroxyl groups excluding tert-OH is 1. The van der Waals surface area contributed by atoms with Crippen LogP contribution in [0.3, 0.4) is 0 Å². The highest BCUT2D eigenvalue weighted by molar-refractivity contribution is 7.86. The summed E-state index contributed by atoms with van der Waals surface area (Å²) in [7, 11) is -15.3. The van der Waals surface area contributed by atoms with E-state index >= 15 is 0 Å². The number of nitrogen functional groups attached to an aromatic ring is 1. The van der Waals surface area contributed by atoms with Gasteiger partial charge < -0.3 is 21.5 Å². The highest BCUT2D eigenvalue weighted by Gasteiger charge is 2.36. The number of aromatic nitrogens is 4. The number of hydrogen-bond donors (Lipinski definition) is 11. The maximum absolute atomic E-state index is 13.7. The molecule has 0 amide bonds. The lowest BCUT2D eigenvalue weighted by molar-refractivity contribution is -0.604. The lowest BCUT2D eigenvalue weighted by Crippen LogP contribution is -2.40. The van der Waals surface area contributed by atoms with Gasteiger partial charge in [0.15, 0.2) is 11.6 Å². The van der Waals surface area contributed by atoms with Crippen LogP contribution in [0.1, 0.15) is 37.4 Å². The number of fused-ring (bicyclic) bond motifs is 2. The van der Waals surface area contributed by atoms with Gasteiger partial charge in [0.2, 0.25) is 5.90 Å². The Morgan fingerprint density at radius 3 is 1.93 bits per heavy atom. The first-order valence-corrected chi connectivity index (χ1v) is 20.9. The minimum absolute atomic E-state index is 0.0485. The van der Waals surface area contributed by atoms with Gasteiger partial charge in [-0.25, -0.2) is 9.55 Å². The van der Waals surface area contributed by atoms with Crippen LogP contribution in [0, 0.1) is 10.8 Å². The maximum Gasteiger partial charge on any atom is 0.407 e. The molecular formula is C35H27N10O12S3+. The van der Waals surface area contributed by atoms with E-state index in [0.29, 0.717) is 0 Å². The second kappa shape index (κ2) is 14.8. The number of pyridine rings is 1. The first kappa shape index (κ1) is 40.8. The molecule has 4 aromatic carbocycles. The molecule has 0 saturated heterocycles. The van der Waals surface area contributed by atoms with Crippen LogP contribution < -0.4 is 32.2 Å². The summed E-state index contributed by atoms with van der Waals surface area (Å²) in [4.78, 5) is 38.0. The summed E-state index contributed by atoms with van der Waals surface area (Å²) in [5.74, 6) is -2.39. The Kier molecular flexibility index (Phi) is 10.0. The number of nitrogens with zero attached hydrogens (tertiary/aromatic N) is 3. The highest BCUT2D eigenvalue weighted by Crippen LogP contribution is 2.41. The molecule has 306 valence electrons. The van der Waals surface area contributed by atoms with Crippen molar-refractivity contribution in [2.45, 2.75) is 14.7 Å². The predicted molar refractivity (Wildman–Crippen MR) is 208 cm³/mol. The van der Waals surface area contributed by atoms with Crippen LogP contribution in [0.5, 0.6) is 0 Å². The topological polar surface area (TPSA) is 376 Å². The Hall–Kier alpha value is -7.42. The molecule has 0 fully saturated rings. The molecule has 1 aliphatic rings. The van der Waals surface area contributed by atoms with Crippen molar-refractivity contribution in [1.82, 2.24) is 15.0 Å². The van der Waals surface area contributed by atoms with Crippen molar-refractivity contribution >= 4 is 81.9 Å². The molecule has 6 aromatic rings. The van der Waals surface area contributed by atoms with Crippen molar-refractivity contribution in [3.63, 3.8) is 0 Å². The third-order valence-corrected chi connectivity index (χ3v) is 11.4. The number of aromatic amines is 2. The SMILES string of the molecule is N=C(O)c1ccc[n+](-c2nc(=N)[nH]c(=Nc3ccc(Nc4ccc(Nc5cc(S(=O)(=O)O)c(N)c6c5C(=O)c5ccccc5C6=O)cc4S(=O)(=O)O)cc3S(=O)(=O)O)[nH]2)c1. The quantitative estimate of drug-likeness (QED) is 0.0308. The van der Waals surface area contributed by atoms with Gasteiger partial charge in [-0.2, -0.15) is 30.2 Å². The standard InChI is InChI=1S/C35H26N10O12S3/c36-29-26(60(55,56)57)14-23(27-28(29)31(47)20-6-2-1-5-19(20)30(27)46)40-18-7-9-21(24(13-18)58(49,50)51)39-17-8-10-22(25(12-17)59(52,53)54)41-34-42-33(38)43-35(44-34)45-11-3-4-16(15-45)32(37)48/h1-15H,(H11-,36,37,38,39,40,41,42,43,44,46,47,48,49,50,51,52,53,54,55,56,57)/p+1. The molecule has 2 heterocycles. The Balaban J connectivity index is 1.28. The zero-order chi connectivity index (χ0) is 43.5. The van der Waals surface area contributed by atoms with Crippen LogP contribution >= 0.6 is 0 Å². The van der Waals surface area contributed by atoms with Gasteiger partial charge in [0.25, 0.3) is 36.0 Å². The summed E-state index contributed by atoms with van der Waals surface area (Å²) in [6.07, 6.45) is 2.78. The lowest BCUT2D eigenvalue weighted by atomic mass is 9.82. The maximum atomic E-state index is 13.7. The predicted octanol–water partition coefficient (Wildman–Crippen LogP) is 2.19. The van der Waals surface area contributed by atoms with Gasteiger partial charge in [-0.1, -0.05) is 24.3 Å². The smallest absolute Gasteiger partial charge is 0.407 e. The number of aliphatic hydroxyl groups is 1. The van der Waals surface area contributed by atoms with Gasteiger partial charge in [-0.15, -0.1) is 0 Å². The monoisotopic (exact) mass is 875 g/mol. The van der Waals surface area contributed by atoms with E-state index in [2.05, 4.69) is 30.6 Å². The van der Waals surface area contributed by atoms with E-state index in [0.717, 1.165) is 30.3 Å². The molecule has 0 unspecified atom stereocenters. The molecular weight excluding hydrogens is 849 g/mol. The Bertz CT molecular complexity index is 3370. The summed E-state index contributed by atoms with van der Waals surface area (Å²) in [6.45, 7) is 0. The van der Waals surface area contributed by atoms with Crippen LogP contribution in [-0.2, 0) is 30.4 Å². The lowest BCUT2D eigenvalue weighted by Gasteiger charge is -2.24. The zero-order valence-corrected chi connectivity index (χ0v) is 32.3. The number of ketones is 2. The molecule has 0 aliphatic heterocycles. The number of H-pyrrole nitrogens is 2. The van der Waals surface area contributed by atoms with Gasteiger partial charge in [0.1, 0.15) is 14.7 Å².